The number of thioether (sulfide) groups is 1. The maximum atomic E-state index is 12.6. The molecule has 1 heterocycles. The lowest BCUT2D eigenvalue weighted by atomic mass is 10.1. The average Bonchev–Trinajstić information content (AvgIpc) is 2.97. The van der Waals surface area contributed by atoms with E-state index < -0.39 is 0 Å². The lowest BCUT2D eigenvalue weighted by Crippen LogP contribution is -2.24. The van der Waals surface area contributed by atoms with Gasteiger partial charge in [0.1, 0.15) is 0 Å². The third-order valence-corrected chi connectivity index (χ3v) is 6.31. The summed E-state index contributed by atoms with van der Waals surface area (Å²) in [6, 6.07) is 14.1. The fraction of sp³-hybridized carbons (Fsp3) is 0.263. The van der Waals surface area contributed by atoms with Crippen molar-refractivity contribution in [3.8, 4) is 0 Å². The lowest BCUT2D eigenvalue weighted by molar-refractivity contribution is -0.115. The molecule has 0 aliphatic rings. The van der Waals surface area contributed by atoms with Gasteiger partial charge in [-0.25, -0.2) is 4.98 Å². The summed E-state index contributed by atoms with van der Waals surface area (Å²) in [6.07, 6.45) is 0.761. The molecule has 3 aromatic rings. The fourth-order valence-electron chi connectivity index (χ4n) is 2.51. The summed E-state index contributed by atoms with van der Waals surface area (Å²) in [5.41, 5.74) is 4.16. The zero-order valence-corrected chi connectivity index (χ0v) is 15.6. The number of benzene rings is 2. The molecule has 0 fully saturated rings. The number of carbonyl (C=O) groups is 1. The van der Waals surface area contributed by atoms with Gasteiger partial charge in [0.2, 0.25) is 5.91 Å². The largest absolute Gasteiger partial charge is 0.325 e. The molecule has 0 spiro atoms. The standard InChI is InChI=1S/C19H20N2OS2/c1-4-16(18(22)20-14-10-9-12(2)11-13(14)3)23-19-21-15-7-5-6-8-17(15)24-19/h5-11,16H,4H2,1-3H3,(H,20,22). The summed E-state index contributed by atoms with van der Waals surface area (Å²) < 4.78 is 2.10. The van der Waals surface area contributed by atoms with Crippen LogP contribution in [0, 0.1) is 13.8 Å². The van der Waals surface area contributed by atoms with E-state index in [0.29, 0.717) is 0 Å². The average molecular weight is 357 g/mol. The second kappa shape index (κ2) is 7.36. The number of nitrogens with zero attached hydrogens (tertiary/aromatic N) is 1. The Morgan fingerprint density at radius 1 is 1.25 bits per heavy atom. The van der Waals surface area contributed by atoms with Crippen molar-refractivity contribution >= 4 is 44.9 Å². The van der Waals surface area contributed by atoms with E-state index in [2.05, 4.69) is 29.4 Å². The van der Waals surface area contributed by atoms with Gasteiger partial charge in [-0.1, -0.05) is 48.5 Å². The molecular weight excluding hydrogens is 336 g/mol. The number of fused-ring (bicyclic) bond motifs is 1. The minimum absolute atomic E-state index is 0.0358. The van der Waals surface area contributed by atoms with Crippen LogP contribution < -0.4 is 5.32 Å². The lowest BCUT2D eigenvalue weighted by Gasteiger charge is -2.15. The number of thiazole rings is 1. The smallest absolute Gasteiger partial charge is 0.237 e. The van der Waals surface area contributed by atoms with E-state index in [0.717, 1.165) is 32.2 Å². The van der Waals surface area contributed by atoms with Gasteiger partial charge >= 0.3 is 0 Å². The molecule has 1 N–H and O–H groups in total. The minimum atomic E-state index is -0.147. The molecule has 1 unspecified atom stereocenters. The quantitative estimate of drug-likeness (QED) is 0.620. The van der Waals surface area contributed by atoms with E-state index in [-0.39, 0.29) is 11.2 Å². The second-order valence-corrected chi connectivity index (χ2v) is 8.25. The van der Waals surface area contributed by atoms with Gasteiger partial charge in [-0.2, -0.15) is 0 Å². The highest BCUT2D eigenvalue weighted by Gasteiger charge is 2.20. The van der Waals surface area contributed by atoms with Crippen molar-refractivity contribution in [2.24, 2.45) is 0 Å². The maximum Gasteiger partial charge on any atom is 0.237 e. The number of anilines is 1. The first-order valence-electron chi connectivity index (χ1n) is 7.97. The highest BCUT2D eigenvalue weighted by Crippen LogP contribution is 2.33. The summed E-state index contributed by atoms with van der Waals surface area (Å²) in [4.78, 5) is 17.3. The van der Waals surface area contributed by atoms with Crippen molar-refractivity contribution in [3.63, 3.8) is 0 Å². The molecule has 124 valence electrons. The van der Waals surface area contributed by atoms with Crippen LogP contribution in [0.1, 0.15) is 24.5 Å². The van der Waals surface area contributed by atoms with Gasteiger partial charge in [-0.15, -0.1) is 11.3 Å². The summed E-state index contributed by atoms with van der Waals surface area (Å²) >= 11 is 3.19. The highest BCUT2D eigenvalue weighted by molar-refractivity contribution is 8.02. The first-order chi connectivity index (χ1) is 11.6. The van der Waals surface area contributed by atoms with Crippen LogP contribution in [-0.2, 0) is 4.79 Å². The van der Waals surface area contributed by atoms with Gasteiger partial charge in [0.25, 0.3) is 0 Å². The number of aryl methyl sites for hydroxylation is 2. The normalized spacial score (nSPS) is 12.3. The number of amides is 1. The Labute approximate surface area is 150 Å². The van der Waals surface area contributed by atoms with Crippen LogP contribution in [0.15, 0.2) is 46.8 Å². The van der Waals surface area contributed by atoms with E-state index in [1.165, 1.54) is 5.56 Å². The molecule has 2 aromatic carbocycles. The number of aromatic nitrogens is 1. The number of hydrogen-bond donors (Lipinski definition) is 1. The molecule has 0 aliphatic carbocycles. The second-order valence-electron chi connectivity index (χ2n) is 5.77. The molecule has 3 nitrogen and oxygen atoms in total. The summed E-state index contributed by atoms with van der Waals surface area (Å²) in [5.74, 6) is 0.0358. The van der Waals surface area contributed by atoms with E-state index >= 15 is 0 Å². The van der Waals surface area contributed by atoms with Crippen LogP contribution in [-0.4, -0.2) is 16.1 Å². The zero-order valence-electron chi connectivity index (χ0n) is 14.0. The Hall–Kier alpha value is -1.85. The first kappa shape index (κ1) is 17.0. The highest BCUT2D eigenvalue weighted by atomic mass is 32.2. The molecular formula is C19H20N2OS2. The van der Waals surface area contributed by atoms with Crippen molar-refractivity contribution in [2.75, 3.05) is 5.32 Å². The molecule has 0 radical (unpaired) electrons. The Kier molecular flexibility index (Phi) is 5.21. The number of carbonyl (C=O) groups excluding carboxylic acids is 1. The van der Waals surface area contributed by atoms with E-state index in [1.54, 1.807) is 23.1 Å². The Balaban J connectivity index is 1.74. The third kappa shape index (κ3) is 3.79. The van der Waals surface area contributed by atoms with Crippen LogP contribution in [0.5, 0.6) is 0 Å². The first-order valence-corrected chi connectivity index (χ1v) is 9.66. The van der Waals surface area contributed by atoms with Crippen LogP contribution in [0.3, 0.4) is 0 Å². The Bertz CT molecular complexity index is 840. The summed E-state index contributed by atoms with van der Waals surface area (Å²) in [6.45, 7) is 6.10. The van der Waals surface area contributed by atoms with Crippen LogP contribution >= 0.6 is 23.1 Å². The Morgan fingerprint density at radius 3 is 2.75 bits per heavy atom. The van der Waals surface area contributed by atoms with E-state index in [9.17, 15) is 4.79 Å². The summed E-state index contributed by atoms with van der Waals surface area (Å²) in [5, 5.41) is 2.91. The molecule has 24 heavy (non-hydrogen) atoms. The van der Waals surface area contributed by atoms with Crippen molar-refractivity contribution in [1.29, 1.82) is 0 Å². The van der Waals surface area contributed by atoms with Gasteiger partial charge < -0.3 is 5.32 Å². The van der Waals surface area contributed by atoms with Gasteiger partial charge in [0, 0.05) is 5.69 Å². The molecule has 1 atom stereocenters. The number of nitrogens with one attached hydrogen (secondary N) is 1. The maximum absolute atomic E-state index is 12.6. The van der Waals surface area contributed by atoms with Crippen molar-refractivity contribution in [1.82, 2.24) is 4.98 Å². The number of rotatable bonds is 5. The summed E-state index contributed by atoms with van der Waals surface area (Å²) in [7, 11) is 0. The number of hydrogen-bond acceptors (Lipinski definition) is 4. The van der Waals surface area contributed by atoms with Crippen molar-refractivity contribution in [2.45, 2.75) is 36.8 Å². The minimum Gasteiger partial charge on any atom is -0.325 e. The van der Waals surface area contributed by atoms with Gasteiger partial charge in [0.15, 0.2) is 4.34 Å². The molecule has 3 rings (SSSR count). The zero-order chi connectivity index (χ0) is 17.1. The number of para-hydroxylation sites is 1. The van der Waals surface area contributed by atoms with Gasteiger partial charge in [0.05, 0.1) is 15.5 Å². The van der Waals surface area contributed by atoms with Crippen molar-refractivity contribution < 1.29 is 4.79 Å². The van der Waals surface area contributed by atoms with Gasteiger partial charge in [-0.3, -0.25) is 4.79 Å². The van der Waals surface area contributed by atoms with Crippen molar-refractivity contribution in [3.05, 3.63) is 53.6 Å². The molecule has 0 saturated carbocycles. The van der Waals surface area contributed by atoms with Crippen LogP contribution in [0.2, 0.25) is 0 Å². The molecule has 1 aromatic heterocycles. The van der Waals surface area contributed by atoms with E-state index in [1.807, 2.05) is 44.2 Å². The van der Waals surface area contributed by atoms with E-state index in [4.69, 9.17) is 0 Å². The van der Waals surface area contributed by atoms with Gasteiger partial charge in [-0.05, 0) is 44.0 Å². The monoisotopic (exact) mass is 356 g/mol. The predicted octanol–water partition coefficient (Wildman–Crippen LogP) is 5.42. The molecule has 0 aliphatic heterocycles. The molecule has 0 bridgehead atoms. The molecule has 0 saturated heterocycles. The van der Waals surface area contributed by atoms with Crippen LogP contribution in [0.25, 0.3) is 10.2 Å². The molecule has 5 heteroatoms. The SMILES string of the molecule is CCC(Sc1nc2ccccc2s1)C(=O)Nc1ccc(C)cc1C. The predicted molar refractivity (Wildman–Crippen MR) is 104 cm³/mol. The molecule has 1 amide bonds. The Morgan fingerprint density at radius 2 is 2.04 bits per heavy atom. The third-order valence-electron chi connectivity index (χ3n) is 3.82. The topological polar surface area (TPSA) is 42.0 Å². The fourth-order valence-corrected chi connectivity index (χ4v) is 4.75. The van der Waals surface area contributed by atoms with Crippen LogP contribution in [0.4, 0.5) is 5.69 Å².